The van der Waals surface area contributed by atoms with E-state index in [9.17, 15) is 4.79 Å². The average molecular weight is 241 g/mol. The minimum Gasteiger partial charge on any atom is -0.306 e. The summed E-state index contributed by atoms with van der Waals surface area (Å²) in [7, 11) is 0. The van der Waals surface area contributed by atoms with E-state index in [2.05, 4.69) is 15.0 Å². The summed E-state index contributed by atoms with van der Waals surface area (Å²) in [5.41, 5.74) is 1.70. The molecule has 0 amide bonds. The van der Waals surface area contributed by atoms with Gasteiger partial charge in [0.15, 0.2) is 0 Å². The van der Waals surface area contributed by atoms with Gasteiger partial charge in [0.05, 0.1) is 5.69 Å². The van der Waals surface area contributed by atoms with Gasteiger partial charge >= 0.3 is 0 Å². The van der Waals surface area contributed by atoms with Gasteiger partial charge in [-0.2, -0.15) is 0 Å². The van der Waals surface area contributed by atoms with Gasteiger partial charge in [-0.25, -0.2) is 4.98 Å². The van der Waals surface area contributed by atoms with Crippen molar-refractivity contribution in [2.45, 2.75) is 31.6 Å². The SMILES string of the molecule is O=c1cc(C2CCCC2)nc(-c2cccnc2)[nH]1. The Kier molecular flexibility index (Phi) is 2.92. The summed E-state index contributed by atoms with van der Waals surface area (Å²) >= 11 is 0. The molecule has 0 radical (unpaired) electrons. The highest BCUT2D eigenvalue weighted by Crippen LogP contribution is 2.32. The van der Waals surface area contributed by atoms with E-state index < -0.39 is 0 Å². The van der Waals surface area contributed by atoms with Crippen LogP contribution in [0.3, 0.4) is 0 Å². The molecule has 1 fully saturated rings. The molecular weight excluding hydrogens is 226 g/mol. The van der Waals surface area contributed by atoms with E-state index in [-0.39, 0.29) is 5.56 Å². The molecule has 1 aliphatic rings. The third-order valence-corrected chi connectivity index (χ3v) is 3.47. The number of hydrogen-bond donors (Lipinski definition) is 1. The summed E-state index contributed by atoms with van der Waals surface area (Å²) < 4.78 is 0. The number of nitrogens with one attached hydrogen (secondary N) is 1. The van der Waals surface area contributed by atoms with Crippen molar-refractivity contribution in [3.8, 4) is 11.4 Å². The van der Waals surface area contributed by atoms with Crippen molar-refractivity contribution in [2.75, 3.05) is 0 Å². The Hall–Kier alpha value is -1.97. The first-order chi connectivity index (χ1) is 8.83. The highest BCUT2D eigenvalue weighted by Gasteiger charge is 2.19. The van der Waals surface area contributed by atoms with E-state index in [0.717, 1.165) is 24.1 Å². The predicted molar refractivity (Wildman–Crippen MR) is 69.3 cm³/mol. The first-order valence-corrected chi connectivity index (χ1v) is 6.34. The number of rotatable bonds is 2. The van der Waals surface area contributed by atoms with Crippen molar-refractivity contribution in [1.29, 1.82) is 0 Å². The van der Waals surface area contributed by atoms with Crippen molar-refractivity contribution < 1.29 is 0 Å². The van der Waals surface area contributed by atoms with Crippen LogP contribution in [-0.2, 0) is 0 Å². The van der Waals surface area contributed by atoms with Crippen molar-refractivity contribution >= 4 is 0 Å². The summed E-state index contributed by atoms with van der Waals surface area (Å²) in [4.78, 5) is 23.2. The third-order valence-electron chi connectivity index (χ3n) is 3.47. The quantitative estimate of drug-likeness (QED) is 0.878. The van der Waals surface area contributed by atoms with E-state index in [1.54, 1.807) is 18.5 Å². The minimum absolute atomic E-state index is 0.0780. The number of hydrogen-bond acceptors (Lipinski definition) is 3. The lowest BCUT2D eigenvalue weighted by Gasteiger charge is -2.09. The summed E-state index contributed by atoms with van der Waals surface area (Å²) in [6.07, 6.45) is 8.19. The topological polar surface area (TPSA) is 58.6 Å². The Balaban J connectivity index is 2.03. The number of nitrogens with zero attached hydrogens (tertiary/aromatic N) is 2. The Morgan fingerprint density at radius 1 is 1.28 bits per heavy atom. The molecule has 1 aliphatic carbocycles. The molecule has 0 saturated heterocycles. The maximum absolute atomic E-state index is 11.7. The molecule has 2 aromatic heterocycles. The molecule has 18 heavy (non-hydrogen) atoms. The maximum atomic E-state index is 11.7. The van der Waals surface area contributed by atoms with Gasteiger partial charge in [-0.05, 0) is 25.0 Å². The molecule has 4 heteroatoms. The summed E-state index contributed by atoms with van der Waals surface area (Å²) in [6, 6.07) is 5.39. The van der Waals surface area contributed by atoms with E-state index in [4.69, 9.17) is 0 Å². The second-order valence-electron chi connectivity index (χ2n) is 4.74. The van der Waals surface area contributed by atoms with Crippen LogP contribution < -0.4 is 5.56 Å². The zero-order valence-electron chi connectivity index (χ0n) is 10.1. The van der Waals surface area contributed by atoms with E-state index in [0.29, 0.717) is 11.7 Å². The van der Waals surface area contributed by atoms with Gasteiger partial charge in [0.1, 0.15) is 5.82 Å². The average Bonchev–Trinajstić information content (AvgIpc) is 2.93. The monoisotopic (exact) mass is 241 g/mol. The van der Waals surface area contributed by atoms with Crippen LogP contribution in [0.25, 0.3) is 11.4 Å². The van der Waals surface area contributed by atoms with E-state index in [1.165, 1.54) is 12.8 Å². The van der Waals surface area contributed by atoms with Gasteiger partial charge in [0, 0.05) is 29.9 Å². The van der Waals surface area contributed by atoms with Crippen LogP contribution in [0.15, 0.2) is 35.4 Å². The fraction of sp³-hybridized carbons (Fsp3) is 0.357. The molecule has 1 N–H and O–H groups in total. The smallest absolute Gasteiger partial charge is 0.251 e. The van der Waals surface area contributed by atoms with Gasteiger partial charge in [-0.3, -0.25) is 9.78 Å². The minimum atomic E-state index is -0.0780. The Labute approximate surface area is 105 Å². The van der Waals surface area contributed by atoms with Crippen LogP contribution in [0.5, 0.6) is 0 Å². The van der Waals surface area contributed by atoms with Crippen LogP contribution >= 0.6 is 0 Å². The maximum Gasteiger partial charge on any atom is 0.251 e. The molecule has 0 aromatic carbocycles. The molecule has 0 bridgehead atoms. The van der Waals surface area contributed by atoms with Crippen molar-refractivity contribution in [3.63, 3.8) is 0 Å². The van der Waals surface area contributed by atoms with Gasteiger partial charge in [-0.15, -0.1) is 0 Å². The second kappa shape index (κ2) is 4.72. The Morgan fingerprint density at radius 3 is 2.83 bits per heavy atom. The van der Waals surface area contributed by atoms with Gasteiger partial charge in [0.2, 0.25) is 0 Å². The van der Waals surface area contributed by atoms with Crippen molar-refractivity contribution in [2.24, 2.45) is 0 Å². The lowest BCUT2D eigenvalue weighted by Crippen LogP contribution is -2.12. The van der Waals surface area contributed by atoms with E-state index in [1.807, 2.05) is 12.1 Å². The summed E-state index contributed by atoms with van der Waals surface area (Å²) in [6.45, 7) is 0. The molecule has 92 valence electrons. The third kappa shape index (κ3) is 2.18. The van der Waals surface area contributed by atoms with Gasteiger partial charge in [-0.1, -0.05) is 12.8 Å². The summed E-state index contributed by atoms with van der Waals surface area (Å²) in [5.74, 6) is 1.07. The number of aromatic amines is 1. The molecule has 3 rings (SSSR count). The number of aromatic nitrogens is 3. The molecule has 0 aliphatic heterocycles. The number of H-pyrrole nitrogens is 1. The standard InChI is InChI=1S/C14H15N3O/c18-13-8-12(10-4-1-2-5-10)16-14(17-13)11-6-3-7-15-9-11/h3,6-10H,1-2,4-5H2,(H,16,17,18). The first-order valence-electron chi connectivity index (χ1n) is 6.34. The van der Waals surface area contributed by atoms with Crippen molar-refractivity contribution in [1.82, 2.24) is 15.0 Å². The molecule has 4 nitrogen and oxygen atoms in total. The lowest BCUT2D eigenvalue weighted by atomic mass is 10.0. The summed E-state index contributed by atoms with van der Waals surface area (Å²) in [5, 5.41) is 0. The molecule has 1 saturated carbocycles. The molecular formula is C14H15N3O. The van der Waals surface area contributed by atoms with Crippen molar-refractivity contribution in [3.05, 3.63) is 46.6 Å². The zero-order chi connectivity index (χ0) is 12.4. The number of pyridine rings is 1. The van der Waals surface area contributed by atoms with Crippen LogP contribution in [-0.4, -0.2) is 15.0 Å². The molecule has 0 atom stereocenters. The predicted octanol–water partition coefficient (Wildman–Crippen LogP) is 2.49. The fourth-order valence-electron chi connectivity index (χ4n) is 2.55. The highest BCUT2D eigenvalue weighted by molar-refractivity contribution is 5.52. The molecule has 2 heterocycles. The van der Waals surface area contributed by atoms with Gasteiger partial charge in [0.25, 0.3) is 5.56 Å². The lowest BCUT2D eigenvalue weighted by molar-refractivity contribution is 0.693. The molecule has 0 spiro atoms. The Morgan fingerprint density at radius 2 is 2.11 bits per heavy atom. The first kappa shape index (κ1) is 11.1. The van der Waals surface area contributed by atoms with Crippen LogP contribution in [0.1, 0.15) is 37.3 Å². The van der Waals surface area contributed by atoms with Crippen LogP contribution in [0.4, 0.5) is 0 Å². The normalized spacial score (nSPS) is 16.0. The Bertz CT molecular complexity index is 585. The zero-order valence-corrected chi connectivity index (χ0v) is 10.1. The van der Waals surface area contributed by atoms with Gasteiger partial charge < -0.3 is 4.98 Å². The fourth-order valence-corrected chi connectivity index (χ4v) is 2.55. The molecule has 0 unspecified atom stereocenters. The molecule has 2 aromatic rings. The van der Waals surface area contributed by atoms with Crippen LogP contribution in [0, 0.1) is 0 Å². The van der Waals surface area contributed by atoms with E-state index >= 15 is 0 Å². The second-order valence-corrected chi connectivity index (χ2v) is 4.74. The highest BCUT2D eigenvalue weighted by atomic mass is 16.1. The van der Waals surface area contributed by atoms with Crippen LogP contribution in [0.2, 0.25) is 0 Å². The largest absolute Gasteiger partial charge is 0.306 e.